The number of amides is 1. The molecule has 0 aliphatic rings. The molecule has 0 aliphatic heterocycles. The van der Waals surface area contributed by atoms with Gasteiger partial charge in [0.2, 0.25) is 5.91 Å². The Balaban J connectivity index is 2.00. The summed E-state index contributed by atoms with van der Waals surface area (Å²) in [6, 6.07) is 11.6. The third-order valence-corrected chi connectivity index (χ3v) is 3.55. The fourth-order valence-corrected chi connectivity index (χ4v) is 2.27. The van der Waals surface area contributed by atoms with Gasteiger partial charge in [-0.25, -0.2) is 0 Å². The number of nitrogens with one attached hydrogen (secondary N) is 1. The molecule has 0 saturated heterocycles. The summed E-state index contributed by atoms with van der Waals surface area (Å²) in [5.74, 6) is 0.199. The van der Waals surface area contributed by atoms with E-state index in [9.17, 15) is 13.6 Å². The smallest absolute Gasteiger partial charge is 0.387 e. The van der Waals surface area contributed by atoms with Crippen LogP contribution < -0.4 is 20.5 Å². The van der Waals surface area contributed by atoms with E-state index >= 15 is 0 Å². The van der Waals surface area contributed by atoms with Gasteiger partial charge >= 0.3 is 6.61 Å². The first kappa shape index (κ1) is 19.5. The largest absolute Gasteiger partial charge is 0.493 e. The van der Waals surface area contributed by atoms with Crippen molar-refractivity contribution in [3.63, 3.8) is 0 Å². The monoisotopic (exact) mass is 364 g/mol. The average molecular weight is 364 g/mol. The molecule has 0 spiro atoms. The number of nitrogen functional groups attached to an aromatic ring is 1. The van der Waals surface area contributed by atoms with Gasteiger partial charge in [0, 0.05) is 23.9 Å². The lowest BCUT2D eigenvalue weighted by Gasteiger charge is -2.14. The lowest BCUT2D eigenvalue weighted by atomic mass is 10.1. The quantitative estimate of drug-likeness (QED) is 0.668. The summed E-state index contributed by atoms with van der Waals surface area (Å²) in [5, 5.41) is 2.70. The van der Waals surface area contributed by atoms with E-state index in [1.54, 1.807) is 36.4 Å². The van der Waals surface area contributed by atoms with Gasteiger partial charge in [-0.15, -0.1) is 0 Å². The number of hydrogen-bond acceptors (Lipinski definition) is 4. The van der Waals surface area contributed by atoms with E-state index in [0.717, 1.165) is 12.0 Å². The van der Waals surface area contributed by atoms with Gasteiger partial charge in [0.15, 0.2) is 0 Å². The van der Waals surface area contributed by atoms with Crippen molar-refractivity contribution in [1.29, 1.82) is 0 Å². The molecule has 0 aromatic heterocycles. The maximum absolute atomic E-state index is 12.6. The van der Waals surface area contributed by atoms with Crippen molar-refractivity contribution in [2.45, 2.75) is 32.9 Å². The van der Waals surface area contributed by atoms with Crippen LogP contribution in [0.2, 0.25) is 0 Å². The van der Waals surface area contributed by atoms with Gasteiger partial charge in [-0.2, -0.15) is 8.78 Å². The first-order valence-corrected chi connectivity index (χ1v) is 8.29. The van der Waals surface area contributed by atoms with Crippen LogP contribution in [0.5, 0.6) is 11.5 Å². The van der Waals surface area contributed by atoms with E-state index in [0.29, 0.717) is 23.6 Å². The highest BCUT2D eigenvalue weighted by atomic mass is 19.3. The van der Waals surface area contributed by atoms with Crippen molar-refractivity contribution in [2.75, 3.05) is 12.3 Å². The Morgan fingerprint density at radius 2 is 1.92 bits per heavy atom. The summed E-state index contributed by atoms with van der Waals surface area (Å²) < 4.78 is 35.3. The molecule has 26 heavy (non-hydrogen) atoms. The predicted molar refractivity (Wildman–Crippen MR) is 95.3 cm³/mol. The first-order chi connectivity index (χ1) is 12.5. The minimum absolute atomic E-state index is 0.0126. The number of nitrogens with two attached hydrogens (primary N) is 1. The zero-order valence-corrected chi connectivity index (χ0v) is 14.5. The Labute approximate surface area is 151 Å². The average Bonchev–Trinajstić information content (AvgIpc) is 2.60. The molecule has 0 aliphatic carbocycles. The molecule has 1 amide bonds. The Morgan fingerprint density at radius 3 is 2.58 bits per heavy atom. The van der Waals surface area contributed by atoms with Crippen LogP contribution in [0.15, 0.2) is 42.5 Å². The Bertz CT molecular complexity index is 721. The summed E-state index contributed by atoms with van der Waals surface area (Å²) in [6.07, 6.45) is 0.969. The van der Waals surface area contributed by atoms with Gasteiger partial charge < -0.3 is 20.5 Å². The maximum Gasteiger partial charge on any atom is 0.387 e. The number of alkyl halides is 2. The van der Waals surface area contributed by atoms with E-state index in [2.05, 4.69) is 10.1 Å². The highest BCUT2D eigenvalue weighted by Crippen LogP contribution is 2.26. The number of anilines is 1. The number of ether oxygens (including phenoxy) is 2. The molecule has 2 aromatic rings. The molecule has 7 heteroatoms. The molecule has 0 heterocycles. The summed E-state index contributed by atoms with van der Waals surface area (Å²) in [5.41, 5.74) is 7.48. The third kappa shape index (κ3) is 6.23. The molecule has 140 valence electrons. The molecule has 0 radical (unpaired) electrons. The lowest BCUT2D eigenvalue weighted by Crippen LogP contribution is -2.25. The molecule has 2 aromatic carbocycles. The predicted octanol–water partition coefficient (Wildman–Crippen LogP) is 3.52. The first-order valence-electron chi connectivity index (χ1n) is 8.29. The van der Waals surface area contributed by atoms with Crippen molar-refractivity contribution in [2.24, 2.45) is 0 Å². The second kappa shape index (κ2) is 9.60. The van der Waals surface area contributed by atoms with Crippen LogP contribution in [-0.4, -0.2) is 19.1 Å². The van der Waals surface area contributed by atoms with Gasteiger partial charge in [0.05, 0.1) is 13.0 Å². The van der Waals surface area contributed by atoms with Crippen molar-refractivity contribution >= 4 is 11.6 Å². The minimum Gasteiger partial charge on any atom is -0.493 e. The van der Waals surface area contributed by atoms with Gasteiger partial charge in [0.1, 0.15) is 11.5 Å². The number of halogens is 2. The van der Waals surface area contributed by atoms with E-state index in [-0.39, 0.29) is 24.6 Å². The minimum atomic E-state index is -2.96. The van der Waals surface area contributed by atoms with Gasteiger partial charge in [-0.1, -0.05) is 19.1 Å². The second-order valence-corrected chi connectivity index (χ2v) is 5.69. The van der Waals surface area contributed by atoms with Crippen molar-refractivity contribution in [3.05, 3.63) is 53.6 Å². The zero-order valence-electron chi connectivity index (χ0n) is 14.5. The molecule has 2 rings (SSSR count). The summed E-state index contributed by atoms with van der Waals surface area (Å²) in [6.45, 7) is -0.460. The van der Waals surface area contributed by atoms with Crippen LogP contribution in [0, 0.1) is 0 Å². The van der Waals surface area contributed by atoms with Crippen molar-refractivity contribution < 1.29 is 23.0 Å². The Morgan fingerprint density at radius 1 is 1.19 bits per heavy atom. The number of carbonyl (C=O) groups is 1. The summed E-state index contributed by atoms with van der Waals surface area (Å²) in [7, 11) is 0. The highest BCUT2D eigenvalue weighted by molar-refractivity contribution is 5.78. The van der Waals surface area contributed by atoms with E-state index in [4.69, 9.17) is 10.5 Å². The summed E-state index contributed by atoms with van der Waals surface area (Å²) in [4.78, 5) is 12.1. The number of rotatable bonds is 9. The molecule has 0 atom stereocenters. The third-order valence-electron chi connectivity index (χ3n) is 3.55. The van der Waals surface area contributed by atoms with Gasteiger partial charge in [0.25, 0.3) is 0 Å². The standard InChI is InChI=1S/C19H22F2N2O3/c1-2-9-25-16-8-5-14(17(11-16)26-19(20)21)12-23-18(24)10-13-3-6-15(22)7-4-13/h3-8,11,19H,2,9-10,12,22H2,1H3,(H,23,24). The van der Waals surface area contributed by atoms with E-state index in [1.165, 1.54) is 6.07 Å². The molecular formula is C19H22F2N2O3. The normalized spacial score (nSPS) is 10.6. The van der Waals surface area contributed by atoms with Crippen molar-refractivity contribution in [3.8, 4) is 11.5 Å². The SMILES string of the molecule is CCCOc1ccc(CNC(=O)Cc2ccc(N)cc2)c(OC(F)F)c1. The number of carbonyl (C=O) groups excluding carboxylic acids is 1. The Hall–Kier alpha value is -2.83. The number of benzene rings is 2. The van der Waals surface area contributed by atoms with Crippen LogP contribution in [0.1, 0.15) is 24.5 Å². The second-order valence-electron chi connectivity index (χ2n) is 5.69. The van der Waals surface area contributed by atoms with E-state index in [1.807, 2.05) is 6.92 Å². The van der Waals surface area contributed by atoms with E-state index < -0.39 is 6.61 Å². The fraction of sp³-hybridized carbons (Fsp3) is 0.316. The van der Waals surface area contributed by atoms with Crippen LogP contribution in [0.3, 0.4) is 0 Å². The van der Waals surface area contributed by atoms with Crippen LogP contribution in [0.4, 0.5) is 14.5 Å². The maximum atomic E-state index is 12.6. The molecule has 0 saturated carbocycles. The van der Waals surface area contributed by atoms with Crippen LogP contribution >= 0.6 is 0 Å². The van der Waals surface area contributed by atoms with Crippen LogP contribution in [-0.2, 0) is 17.8 Å². The topological polar surface area (TPSA) is 73.6 Å². The number of hydrogen-bond donors (Lipinski definition) is 2. The van der Waals surface area contributed by atoms with Gasteiger partial charge in [-0.3, -0.25) is 4.79 Å². The molecule has 0 fully saturated rings. The molecule has 0 unspecified atom stereocenters. The molecular weight excluding hydrogens is 342 g/mol. The van der Waals surface area contributed by atoms with Gasteiger partial charge in [-0.05, 0) is 36.2 Å². The van der Waals surface area contributed by atoms with Crippen LogP contribution in [0.25, 0.3) is 0 Å². The summed E-state index contributed by atoms with van der Waals surface area (Å²) >= 11 is 0. The molecule has 5 nitrogen and oxygen atoms in total. The highest BCUT2D eigenvalue weighted by Gasteiger charge is 2.13. The lowest BCUT2D eigenvalue weighted by molar-refractivity contribution is -0.120. The fourth-order valence-electron chi connectivity index (χ4n) is 2.27. The molecule has 3 N–H and O–H groups in total. The Kier molecular flexibility index (Phi) is 7.20. The zero-order chi connectivity index (χ0) is 18.9. The van der Waals surface area contributed by atoms with Crippen molar-refractivity contribution in [1.82, 2.24) is 5.32 Å². The molecule has 0 bridgehead atoms.